The minimum absolute atomic E-state index is 0. The Morgan fingerprint density at radius 3 is 2.33 bits per heavy atom. The van der Waals surface area contributed by atoms with Gasteiger partial charge in [-0.05, 0) is 29.4 Å². The lowest BCUT2D eigenvalue weighted by Crippen LogP contribution is -2.45. The molecule has 0 aromatic heterocycles. The lowest BCUT2D eigenvalue weighted by molar-refractivity contribution is 0.161. The lowest BCUT2D eigenvalue weighted by Gasteiger charge is -2.36. The molecule has 2 aliphatic rings. The van der Waals surface area contributed by atoms with Gasteiger partial charge in [0.15, 0.2) is 0 Å². The minimum atomic E-state index is 0. The molecule has 132 valence electrons. The number of halogens is 2. The number of fused-ring (bicyclic) bond motifs is 1. The first-order chi connectivity index (χ1) is 10.8. The van der Waals surface area contributed by atoms with E-state index in [0.717, 1.165) is 37.5 Å². The van der Waals surface area contributed by atoms with Crippen molar-refractivity contribution in [3.8, 4) is 5.75 Å². The third kappa shape index (κ3) is 3.97. The zero-order valence-electron chi connectivity index (χ0n) is 13.8. The van der Waals surface area contributed by atoms with E-state index in [-0.39, 0.29) is 24.8 Å². The highest BCUT2D eigenvalue weighted by Crippen LogP contribution is 2.42. The van der Waals surface area contributed by atoms with Gasteiger partial charge in [-0.15, -0.1) is 24.8 Å². The van der Waals surface area contributed by atoms with Crippen LogP contribution in [0.4, 0.5) is 0 Å². The first kappa shape index (κ1) is 19.3. The van der Waals surface area contributed by atoms with E-state index in [1.165, 1.54) is 30.2 Å². The van der Waals surface area contributed by atoms with Gasteiger partial charge < -0.3 is 10.4 Å². The summed E-state index contributed by atoms with van der Waals surface area (Å²) in [6.07, 6.45) is 4.03. The zero-order chi connectivity index (χ0) is 14.9. The first-order valence-electron chi connectivity index (χ1n) is 8.48. The van der Waals surface area contributed by atoms with Crippen molar-refractivity contribution in [2.45, 2.75) is 25.3 Å². The molecule has 2 N–H and O–H groups in total. The Morgan fingerprint density at radius 2 is 1.67 bits per heavy atom. The maximum atomic E-state index is 10.2. The molecule has 5 heteroatoms. The third-order valence-corrected chi connectivity index (χ3v) is 5.14. The van der Waals surface area contributed by atoms with Crippen LogP contribution in [0.25, 0.3) is 10.8 Å². The van der Waals surface area contributed by atoms with Crippen molar-refractivity contribution < 1.29 is 5.11 Å². The van der Waals surface area contributed by atoms with Gasteiger partial charge in [-0.3, -0.25) is 4.90 Å². The van der Waals surface area contributed by atoms with Gasteiger partial charge in [0, 0.05) is 37.6 Å². The monoisotopic (exact) mass is 368 g/mol. The smallest absolute Gasteiger partial charge is 0.123 e. The molecule has 0 amide bonds. The highest BCUT2D eigenvalue weighted by molar-refractivity contribution is 5.91. The van der Waals surface area contributed by atoms with Crippen LogP contribution >= 0.6 is 24.8 Å². The molecule has 1 heterocycles. The van der Waals surface area contributed by atoms with Crippen molar-refractivity contribution in [3.05, 3.63) is 42.0 Å². The van der Waals surface area contributed by atoms with Crippen molar-refractivity contribution in [1.29, 1.82) is 0 Å². The summed E-state index contributed by atoms with van der Waals surface area (Å²) in [7, 11) is 0. The number of aromatic hydroxyl groups is 1. The van der Waals surface area contributed by atoms with Crippen LogP contribution in [0.5, 0.6) is 5.75 Å². The molecule has 2 aromatic rings. The molecule has 2 aromatic carbocycles. The summed E-state index contributed by atoms with van der Waals surface area (Å²) in [6.45, 7) is 4.40. The van der Waals surface area contributed by atoms with Gasteiger partial charge in [-0.2, -0.15) is 0 Å². The predicted molar refractivity (Wildman–Crippen MR) is 105 cm³/mol. The number of rotatable bonds is 4. The second-order valence-electron chi connectivity index (χ2n) is 6.70. The highest BCUT2D eigenvalue weighted by atomic mass is 35.5. The lowest BCUT2D eigenvalue weighted by atomic mass is 9.93. The van der Waals surface area contributed by atoms with E-state index in [2.05, 4.69) is 28.4 Å². The van der Waals surface area contributed by atoms with Crippen molar-refractivity contribution in [2.75, 3.05) is 26.2 Å². The molecule has 1 saturated carbocycles. The number of benzene rings is 2. The number of hydrogen-bond acceptors (Lipinski definition) is 3. The molecule has 4 rings (SSSR count). The molecule has 2 fully saturated rings. The fourth-order valence-corrected chi connectivity index (χ4v) is 3.73. The van der Waals surface area contributed by atoms with Gasteiger partial charge in [0.25, 0.3) is 0 Å². The van der Waals surface area contributed by atoms with Crippen molar-refractivity contribution in [2.24, 2.45) is 5.92 Å². The summed E-state index contributed by atoms with van der Waals surface area (Å²) in [6, 6.07) is 12.8. The summed E-state index contributed by atoms with van der Waals surface area (Å²) >= 11 is 0. The van der Waals surface area contributed by atoms with E-state index >= 15 is 0 Å². The fourth-order valence-electron chi connectivity index (χ4n) is 3.73. The standard InChI is InChI=1S/C19H24N2O.2ClH/c22-19-8-7-16(15-3-1-2-4-17(15)19)18(13-14-5-6-14)21-11-9-20-10-12-21;;/h1-4,7-8,14,18,20,22H,5-6,9-13H2;2*1H/t18-;;/m1../s1. The van der Waals surface area contributed by atoms with Crippen molar-refractivity contribution in [3.63, 3.8) is 0 Å². The molecule has 1 aliphatic heterocycles. The second-order valence-corrected chi connectivity index (χ2v) is 6.70. The minimum Gasteiger partial charge on any atom is -0.507 e. The Morgan fingerprint density at radius 1 is 1.00 bits per heavy atom. The number of hydrogen-bond donors (Lipinski definition) is 2. The molecule has 1 atom stereocenters. The molecule has 0 radical (unpaired) electrons. The molecule has 0 spiro atoms. The average Bonchev–Trinajstić information content (AvgIpc) is 3.39. The Kier molecular flexibility index (Phi) is 6.76. The number of nitrogens with zero attached hydrogens (tertiary/aromatic N) is 1. The van der Waals surface area contributed by atoms with E-state index in [4.69, 9.17) is 0 Å². The molecular formula is C19H26Cl2N2O. The van der Waals surface area contributed by atoms with Gasteiger partial charge >= 0.3 is 0 Å². The highest BCUT2D eigenvalue weighted by Gasteiger charge is 2.31. The molecular weight excluding hydrogens is 343 g/mol. The zero-order valence-corrected chi connectivity index (χ0v) is 15.4. The Labute approximate surface area is 156 Å². The van der Waals surface area contributed by atoms with Crippen LogP contribution in [0.3, 0.4) is 0 Å². The summed E-state index contributed by atoms with van der Waals surface area (Å²) in [5, 5.41) is 15.8. The largest absolute Gasteiger partial charge is 0.507 e. The van der Waals surface area contributed by atoms with Gasteiger partial charge in [0.2, 0.25) is 0 Å². The van der Waals surface area contributed by atoms with E-state index in [1.807, 2.05) is 18.2 Å². The van der Waals surface area contributed by atoms with Crippen LogP contribution in [0.15, 0.2) is 36.4 Å². The summed E-state index contributed by atoms with van der Waals surface area (Å²) in [4.78, 5) is 2.63. The molecule has 0 unspecified atom stereocenters. The summed E-state index contributed by atoms with van der Waals surface area (Å²) < 4.78 is 0. The number of phenolic OH excluding ortho intramolecular Hbond substituents is 1. The predicted octanol–water partition coefficient (Wildman–Crippen LogP) is 4.14. The number of phenols is 1. The SMILES string of the molecule is Cl.Cl.Oc1ccc([C@@H](CC2CC2)N2CCNCC2)c2ccccc12. The summed E-state index contributed by atoms with van der Waals surface area (Å²) in [5.74, 6) is 1.29. The van der Waals surface area contributed by atoms with E-state index in [0.29, 0.717) is 11.8 Å². The summed E-state index contributed by atoms with van der Waals surface area (Å²) in [5.41, 5.74) is 1.39. The number of piperazine rings is 1. The van der Waals surface area contributed by atoms with Crippen LogP contribution < -0.4 is 5.32 Å². The molecule has 0 bridgehead atoms. The van der Waals surface area contributed by atoms with E-state index in [1.54, 1.807) is 0 Å². The van der Waals surface area contributed by atoms with Gasteiger partial charge in [-0.25, -0.2) is 0 Å². The molecule has 1 aliphatic carbocycles. The van der Waals surface area contributed by atoms with Crippen LogP contribution in [-0.4, -0.2) is 36.2 Å². The fraction of sp³-hybridized carbons (Fsp3) is 0.474. The van der Waals surface area contributed by atoms with Crippen molar-refractivity contribution in [1.82, 2.24) is 10.2 Å². The number of nitrogens with one attached hydrogen (secondary N) is 1. The van der Waals surface area contributed by atoms with E-state index < -0.39 is 0 Å². The normalized spacial score (nSPS) is 19.3. The van der Waals surface area contributed by atoms with Gasteiger partial charge in [0.05, 0.1) is 0 Å². The molecule has 24 heavy (non-hydrogen) atoms. The third-order valence-electron chi connectivity index (χ3n) is 5.14. The quantitative estimate of drug-likeness (QED) is 0.851. The Hall–Kier alpha value is -1.00. The maximum Gasteiger partial charge on any atom is 0.123 e. The molecule has 3 nitrogen and oxygen atoms in total. The topological polar surface area (TPSA) is 35.5 Å². The second kappa shape index (κ2) is 8.39. The van der Waals surface area contributed by atoms with Crippen LogP contribution in [0.2, 0.25) is 0 Å². The van der Waals surface area contributed by atoms with Crippen molar-refractivity contribution >= 4 is 35.6 Å². The first-order valence-corrected chi connectivity index (χ1v) is 8.48. The van der Waals surface area contributed by atoms with Crippen LogP contribution in [-0.2, 0) is 0 Å². The van der Waals surface area contributed by atoms with Gasteiger partial charge in [0.1, 0.15) is 5.75 Å². The average molecular weight is 369 g/mol. The van der Waals surface area contributed by atoms with E-state index in [9.17, 15) is 5.11 Å². The van der Waals surface area contributed by atoms with Crippen LogP contribution in [0.1, 0.15) is 30.9 Å². The Balaban J connectivity index is 0.00000104. The molecule has 1 saturated heterocycles. The van der Waals surface area contributed by atoms with Gasteiger partial charge in [-0.1, -0.05) is 43.2 Å². The van der Waals surface area contributed by atoms with Crippen LogP contribution in [0, 0.1) is 5.92 Å². The Bertz CT molecular complexity index is 669. The maximum absolute atomic E-state index is 10.2.